The lowest BCUT2D eigenvalue weighted by Crippen LogP contribution is -2.46. The number of ether oxygens (including phenoxy) is 1. The molecule has 1 saturated heterocycles. The Hall–Kier alpha value is -0.510. The Morgan fingerprint density at radius 2 is 2.40 bits per heavy atom. The van der Waals surface area contributed by atoms with E-state index in [1.165, 1.54) is 6.42 Å². The fraction of sp³-hybridized carbons (Fsp3) is 0.500. The molecule has 0 radical (unpaired) electrons. The van der Waals surface area contributed by atoms with Crippen molar-refractivity contribution in [2.24, 2.45) is 0 Å². The summed E-state index contributed by atoms with van der Waals surface area (Å²) >= 11 is 5.80. The second-order valence-electron chi connectivity index (χ2n) is 3.53. The zero-order valence-corrected chi connectivity index (χ0v) is 10.1. The van der Waals surface area contributed by atoms with Crippen LogP contribution in [0.3, 0.4) is 0 Å². The van der Waals surface area contributed by atoms with Gasteiger partial charge in [0, 0.05) is 6.04 Å². The number of pyridine rings is 1. The minimum atomic E-state index is 0. The highest BCUT2D eigenvalue weighted by atomic mass is 35.5. The van der Waals surface area contributed by atoms with Crippen molar-refractivity contribution in [1.29, 1.82) is 0 Å². The highest BCUT2D eigenvalue weighted by Crippen LogP contribution is 2.18. The van der Waals surface area contributed by atoms with Gasteiger partial charge in [0.05, 0.1) is 6.20 Å². The summed E-state index contributed by atoms with van der Waals surface area (Å²) in [7, 11) is 0. The molecular formula is C10H14Cl2N2O. The molecule has 0 spiro atoms. The summed E-state index contributed by atoms with van der Waals surface area (Å²) in [6.07, 6.45) is 2.86. The van der Waals surface area contributed by atoms with Gasteiger partial charge in [-0.1, -0.05) is 11.6 Å². The van der Waals surface area contributed by atoms with Crippen LogP contribution in [-0.2, 0) is 0 Å². The summed E-state index contributed by atoms with van der Waals surface area (Å²) in [5.74, 6) is 0.792. The van der Waals surface area contributed by atoms with Gasteiger partial charge >= 0.3 is 0 Å². The predicted molar refractivity (Wildman–Crippen MR) is 63.1 cm³/mol. The second kappa shape index (κ2) is 5.54. The van der Waals surface area contributed by atoms with Gasteiger partial charge in [0.2, 0.25) is 0 Å². The van der Waals surface area contributed by atoms with Crippen LogP contribution in [0.15, 0.2) is 12.3 Å². The molecule has 0 aromatic carbocycles. The molecular weight excluding hydrogens is 235 g/mol. The Morgan fingerprint density at radius 1 is 1.67 bits per heavy atom. The lowest BCUT2D eigenvalue weighted by atomic mass is 10.1. The third-order valence-corrected chi connectivity index (χ3v) is 2.76. The highest BCUT2D eigenvalue weighted by molar-refractivity contribution is 6.30. The summed E-state index contributed by atoms with van der Waals surface area (Å²) in [5.41, 5.74) is 0.950. The van der Waals surface area contributed by atoms with Gasteiger partial charge in [0.25, 0.3) is 0 Å². The number of hydrogen-bond donors (Lipinski definition) is 1. The first kappa shape index (κ1) is 12.6. The van der Waals surface area contributed by atoms with Crippen molar-refractivity contribution < 1.29 is 4.74 Å². The van der Waals surface area contributed by atoms with Gasteiger partial charge in [-0.25, -0.2) is 4.98 Å². The molecule has 1 atom stereocenters. The van der Waals surface area contributed by atoms with Crippen molar-refractivity contribution in [3.63, 3.8) is 0 Å². The Balaban J connectivity index is 0.00000112. The molecule has 2 heterocycles. The molecule has 0 bridgehead atoms. The summed E-state index contributed by atoms with van der Waals surface area (Å²) in [6.45, 7) is 3.73. The minimum absolute atomic E-state index is 0. The molecule has 1 N–H and O–H groups in total. The predicted octanol–water partition coefficient (Wildman–Crippen LogP) is 2.21. The van der Waals surface area contributed by atoms with E-state index in [4.69, 9.17) is 16.3 Å². The molecule has 0 amide bonds. The van der Waals surface area contributed by atoms with E-state index in [9.17, 15) is 0 Å². The maximum atomic E-state index is 5.80. The van der Waals surface area contributed by atoms with Crippen LogP contribution in [0.2, 0.25) is 5.15 Å². The van der Waals surface area contributed by atoms with E-state index >= 15 is 0 Å². The Morgan fingerprint density at radius 3 is 2.93 bits per heavy atom. The first-order chi connectivity index (χ1) is 6.75. The Kier molecular flexibility index (Phi) is 4.64. The van der Waals surface area contributed by atoms with Crippen molar-refractivity contribution in [2.75, 3.05) is 13.2 Å². The number of hydrogen-bond acceptors (Lipinski definition) is 3. The lowest BCUT2D eigenvalue weighted by molar-refractivity contribution is 0.217. The molecule has 1 aromatic rings. The van der Waals surface area contributed by atoms with Crippen molar-refractivity contribution in [2.45, 2.75) is 19.4 Å². The number of aryl methyl sites for hydroxylation is 1. The summed E-state index contributed by atoms with van der Waals surface area (Å²) in [6, 6.07) is 2.42. The van der Waals surface area contributed by atoms with Gasteiger partial charge in [-0.2, -0.15) is 0 Å². The monoisotopic (exact) mass is 248 g/mol. The molecule has 15 heavy (non-hydrogen) atoms. The van der Waals surface area contributed by atoms with Crippen LogP contribution in [0.4, 0.5) is 0 Å². The second-order valence-corrected chi connectivity index (χ2v) is 3.89. The molecule has 1 fully saturated rings. The quantitative estimate of drug-likeness (QED) is 0.834. The average Bonchev–Trinajstić information content (AvgIpc) is 2.08. The Bertz CT molecular complexity index is 329. The van der Waals surface area contributed by atoms with Crippen LogP contribution in [0, 0.1) is 6.92 Å². The van der Waals surface area contributed by atoms with Gasteiger partial charge in [-0.3, -0.25) is 0 Å². The number of nitrogens with one attached hydrogen (secondary N) is 1. The highest BCUT2D eigenvalue weighted by Gasteiger charge is 2.16. The van der Waals surface area contributed by atoms with Crippen LogP contribution in [-0.4, -0.2) is 24.2 Å². The van der Waals surface area contributed by atoms with Gasteiger partial charge in [-0.05, 0) is 31.5 Å². The molecule has 1 aromatic heterocycles. The van der Waals surface area contributed by atoms with Gasteiger partial charge < -0.3 is 10.1 Å². The van der Waals surface area contributed by atoms with Gasteiger partial charge in [0.1, 0.15) is 17.5 Å². The summed E-state index contributed by atoms with van der Waals surface area (Å²) in [4.78, 5) is 4.02. The zero-order chi connectivity index (χ0) is 9.97. The largest absolute Gasteiger partial charge is 0.490 e. The molecule has 1 aliphatic rings. The number of nitrogens with zero attached hydrogens (tertiary/aromatic N) is 1. The normalized spacial score (nSPS) is 18.9. The van der Waals surface area contributed by atoms with E-state index in [2.05, 4.69) is 10.3 Å². The maximum absolute atomic E-state index is 5.80. The number of aromatic nitrogens is 1. The minimum Gasteiger partial charge on any atom is -0.490 e. The van der Waals surface area contributed by atoms with Crippen molar-refractivity contribution in [1.82, 2.24) is 10.3 Å². The van der Waals surface area contributed by atoms with E-state index < -0.39 is 0 Å². The molecule has 0 saturated carbocycles. The molecule has 3 nitrogen and oxygen atoms in total. The molecule has 1 aliphatic heterocycles. The van der Waals surface area contributed by atoms with Crippen LogP contribution in [0.1, 0.15) is 12.0 Å². The third-order valence-electron chi connectivity index (χ3n) is 2.37. The van der Waals surface area contributed by atoms with Gasteiger partial charge in [-0.15, -0.1) is 12.4 Å². The molecule has 5 heteroatoms. The molecule has 2 rings (SSSR count). The third kappa shape index (κ3) is 3.23. The number of halogens is 2. The average molecular weight is 249 g/mol. The van der Waals surface area contributed by atoms with Crippen LogP contribution >= 0.6 is 24.0 Å². The van der Waals surface area contributed by atoms with Crippen LogP contribution in [0.25, 0.3) is 0 Å². The zero-order valence-electron chi connectivity index (χ0n) is 8.50. The molecule has 0 unspecified atom stereocenters. The van der Waals surface area contributed by atoms with Crippen LogP contribution in [0.5, 0.6) is 5.75 Å². The summed E-state index contributed by atoms with van der Waals surface area (Å²) in [5, 5.41) is 3.81. The maximum Gasteiger partial charge on any atom is 0.138 e. The van der Waals surface area contributed by atoms with Crippen molar-refractivity contribution in [3.8, 4) is 5.75 Å². The summed E-state index contributed by atoms with van der Waals surface area (Å²) < 4.78 is 5.56. The number of rotatable bonds is 3. The molecule has 0 aliphatic carbocycles. The standard InChI is InChI=1S/C10H13ClN2O.ClH/c1-7-4-9(5-13-10(7)11)14-6-8-2-3-12-8;/h4-5,8,12H,2-3,6H2,1H3;1H/t8-;/m0./s1. The first-order valence-electron chi connectivity index (χ1n) is 4.74. The molecule has 84 valence electrons. The lowest BCUT2D eigenvalue weighted by Gasteiger charge is -2.27. The SMILES string of the molecule is Cc1cc(OC[C@@H]2CCN2)cnc1Cl.Cl. The van der Waals surface area contributed by atoms with E-state index in [-0.39, 0.29) is 12.4 Å². The smallest absolute Gasteiger partial charge is 0.138 e. The first-order valence-corrected chi connectivity index (χ1v) is 5.12. The van der Waals surface area contributed by atoms with E-state index in [1.807, 2.05) is 13.0 Å². The van der Waals surface area contributed by atoms with Crippen molar-refractivity contribution >= 4 is 24.0 Å². The van der Waals surface area contributed by atoms with E-state index in [1.54, 1.807) is 6.20 Å². The topological polar surface area (TPSA) is 34.1 Å². The fourth-order valence-corrected chi connectivity index (χ4v) is 1.40. The Labute approximate surface area is 101 Å². The van der Waals surface area contributed by atoms with E-state index in [0.29, 0.717) is 17.8 Å². The van der Waals surface area contributed by atoms with E-state index in [0.717, 1.165) is 17.9 Å². The van der Waals surface area contributed by atoms with Gasteiger partial charge in [0.15, 0.2) is 0 Å². The van der Waals surface area contributed by atoms with Crippen LogP contribution < -0.4 is 10.1 Å². The fourth-order valence-electron chi connectivity index (χ4n) is 1.30. The van der Waals surface area contributed by atoms with Crippen molar-refractivity contribution in [3.05, 3.63) is 23.0 Å².